The molecule has 11 heteroatoms. The molecule has 4 aromatic rings. The number of thiazole rings is 2. The molecule has 2 aliphatic rings. The van der Waals surface area contributed by atoms with Gasteiger partial charge in [0, 0.05) is 66.3 Å². The van der Waals surface area contributed by atoms with Gasteiger partial charge in [0.1, 0.15) is 0 Å². The molecule has 0 spiro atoms. The van der Waals surface area contributed by atoms with E-state index in [1.165, 1.54) is 22.7 Å². The first-order chi connectivity index (χ1) is 19.3. The van der Waals surface area contributed by atoms with Crippen LogP contribution in [0.25, 0.3) is 11.1 Å². The number of hydrogen-bond acceptors (Lipinski definition) is 8. The maximum Gasteiger partial charge on any atom is 0.284 e. The molecule has 0 saturated carbocycles. The average Bonchev–Trinajstić information content (AvgIpc) is 3.55. The van der Waals surface area contributed by atoms with E-state index in [1.54, 1.807) is 6.07 Å². The number of ketones is 1. The van der Waals surface area contributed by atoms with Crippen molar-refractivity contribution in [1.82, 2.24) is 19.8 Å². The molecule has 1 N–H and O–H groups in total. The Bertz CT molecular complexity index is 1510. The quantitative estimate of drug-likeness (QED) is 0.261. The predicted molar refractivity (Wildman–Crippen MR) is 162 cm³/mol. The van der Waals surface area contributed by atoms with Crippen LogP contribution >= 0.6 is 45.9 Å². The number of halogens is 2. The fourth-order valence-electron chi connectivity index (χ4n) is 5.05. The number of nitrogens with one attached hydrogen (secondary N) is 1. The number of fused-ring (bicyclic) bond motifs is 2. The molecule has 7 nitrogen and oxygen atoms in total. The number of rotatable bonds is 6. The van der Waals surface area contributed by atoms with Gasteiger partial charge in [0.05, 0.1) is 27.1 Å². The lowest BCUT2D eigenvalue weighted by molar-refractivity contribution is 0.0990. The second-order valence-electron chi connectivity index (χ2n) is 10.3. The summed E-state index contributed by atoms with van der Waals surface area (Å²) in [4.78, 5) is 42.2. The summed E-state index contributed by atoms with van der Waals surface area (Å²) in [5.41, 5.74) is 4.58. The van der Waals surface area contributed by atoms with E-state index in [4.69, 9.17) is 23.2 Å². The van der Waals surface area contributed by atoms with Gasteiger partial charge in [0.15, 0.2) is 15.8 Å². The lowest BCUT2D eigenvalue weighted by Gasteiger charge is -2.20. The Balaban J connectivity index is 1.22. The third-order valence-corrected chi connectivity index (χ3v) is 10.3. The summed E-state index contributed by atoms with van der Waals surface area (Å²) < 4.78 is 0. The number of carbonyl (C=O) groups is 2. The number of amides is 1. The van der Waals surface area contributed by atoms with E-state index in [2.05, 4.69) is 39.2 Å². The van der Waals surface area contributed by atoms with Gasteiger partial charge in [-0.3, -0.25) is 9.59 Å². The van der Waals surface area contributed by atoms with Crippen LogP contribution in [-0.2, 0) is 32.4 Å². The predicted octanol–water partition coefficient (Wildman–Crippen LogP) is 6.23. The van der Waals surface area contributed by atoms with Gasteiger partial charge < -0.3 is 15.1 Å². The number of benzene rings is 2. The van der Waals surface area contributed by atoms with E-state index < -0.39 is 0 Å². The lowest BCUT2D eigenvalue weighted by atomic mass is 9.99. The summed E-state index contributed by atoms with van der Waals surface area (Å²) in [5, 5.41) is 4.71. The minimum atomic E-state index is -0.288. The van der Waals surface area contributed by atoms with E-state index in [-0.39, 0.29) is 18.1 Å². The van der Waals surface area contributed by atoms with Crippen LogP contribution in [0.3, 0.4) is 0 Å². The molecule has 0 fully saturated rings. The Hall–Kier alpha value is -2.66. The van der Waals surface area contributed by atoms with Crippen molar-refractivity contribution in [2.45, 2.75) is 32.4 Å². The summed E-state index contributed by atoms with van der Waals surface area (Å²) in [5.74, 6) is -0.338. The minimum Gasteiger partial charge on any atom is -0.319 e. The number of carbonyl (C=O) groups excluding carboxylic acids is 2. The van der Waals surface area contributed by atoms with Crippen LogP contribution in [0.5, 0.6) is 0 Å². The number of nitrogens with zero attached hydrogens (tertiary/aromatic N) is 4. The highest BCUT2D eigenvalue weighted by atomic mass is 35.5. The molecular weight excluding hydrogens is 585 g/mol. The first-order valence-electron chi connectivity index (χ1n) is 13.0. The zero-order chi connectivity index (χ0) is 28.0. The van der Waals surface area contributed by atoms with Crippen molar-refractivity contribution in [2.24, 2.45) is 0 Å². The van der Waals surface area contributed by atoms with Gasteiger partial charge >= 0.3 is 0 Å². The normalized spacial score (nSPS) is 15.5. The first kappa shape index (κ1) is 27.5. The zero-order valence-electron chi connectivity index (χ0n) is 22.1. The van der Waals surface area contributed by atoms with Crippen molar-refractivity contribution < 1.29 is 9.59 Å². The molecule has 206 valence electrons. The van der Waals surface area contributed by atoms with Crippen LogP contribution in [0.4, 0.5) is 5.69 Å². The van der Waals surface area contributed by atoms with Gasteiger partial charge in [-0.05, 0) is 25.7 Å². The summed E-state index contributed by atoms with van der Waals surface area (Å²) in [7, 11) is 4.14. The number of likely N-dealkylation sites (N-methyl/N-ethyl adjacent to an activating group) is 2. The van der Waals surface area contributed by atoms with E-state index in [9.17, 15) is 9.59 Å². The van der Waals surface area contributed by atoms with Gasteiger partial charge in [-0.2, -0.15) is 0 Å². The highest BCUT2D eigenvalue weighted by molar-refractivity contribution is 7.14. The van der Waals surface area contributed by atoms with E-state index >= 15 is 0 Å². The zero-order valence-corrected chi connectivity index (χ0v) is 25.2. The second kappa shape index (κ2) is 11.3. The Kier molecular flexibility index (Phi) is 7.78. The molecule has 2 aliphatic heterocycles. The SMILES string of the molecule is CN1CCc2nc(C(=O)Cc3cccc(-c4cccc(NC(=O)c5nc6c(s5)CN(C)CC6)c4Cl)c3Cl)sc2C1. The molecule has 1 amide bonds. The Morgan fingerprint density at radius 2 is 1.43 bits per heavy atom. The molecule has 2 aromatic carbocycles. The molecule has 0 radical (unpaired) electrons. The molecule has 0 bridgehead atoms. The Morgan fingerprint density at radius 1 is 0.850 bits per heavy atom. The first-order valence-corrected chi connectivity index (χ1v) is 15.4. The monoisotopic (exact) mass is 611 g/mol. The second-order valence-corrected chi connectivity index (χ2v) is 13.2. The Morgan fingerprint density at radius 3 is 2.10 bits per heavy atom. The summed E-state index contributed by atoms with van der Waals surface area (Å²) >= 11 is 16.6. The summed E-state index contributed by atoms with van der Waals surface area (Å²) in [6.07, 6.45) is 1.84. The fraction of sp³-hybridized carbons (Fsp3) is 0.310. The molecule has 0 aliphatic carbocycles. The van der Waals surface area contributed by atoms with Crippen LogP contribution in [0.15, 0.2) is 36.4 Å². The van der Waals surface area contributed by atoms with Crippen LogP contribution < -0.4 is 5.32 Å². The lowest BCUT2D eigenvalue weighted by Crippen LogP contribution is -2.25. The average molecular weight is 613 g/mol. The fourth-order valence-corrected chi connectivity index (χ4v) is 7.83. The Labute approximate surface area is 250 Å². The van der Waals surface area contributed by atoms with E-state index in [1.807, 2.05) is 30.3 Å². The van der Waals surface area contributed by atoms with Crippen LogP contribution in [0.1, 0.15) is 46.3 Å². The standard InChI is InChI=1S/C29H27Cl2N5O2S2/c1-35-11-9-19-23(14-35)39-28(33-19)22(37)13-16-5-3-6-17(25(16)30)18-7-4-8-21(26(18)31)32-27(38)29-34-20-10-12-36(2)15-24(20)40-29/h3-8H,9-15H2,1-2H3,(H,32,38). The maximum atomic E-state index is 13.2. The molecule has 6 rings (SSSR count). The van der Waals surface area contributed by atoms with Crippen molar-refractivity contribution in [3.8, 4) is 11.1 Å². The third-order valence-electron chi connectivity index (χ3n) is 7.24. The number of aromatic nitrogens is 2. The van der Waals surface area contributed by atoms with Crippen molar-refractivity contribution >= 4 is 63.3 Å². The third kappa shape index (κ3) is 5.46. The smallest absolute Gasteiger partial charge is 0.284 e. The van der Waals surface area contributed by atoms with Crippen molar-refractivity contribution in [2.75, 3.05) is 32.5 Å². The molecule has 0 unspecified atom stereocenters. The van der Waals surface area contributed by atoms with Crippen molar-refractivity contribution in [3.05, 3.63) is 83.2 Å². The molecule has 40 heavy (non-hydrogen) atoms. The van der Waals surface area contributed by atoms with Gasteiger partial charge in [0.2, 0.25) is 0 Å². The highest BCUT2D eigenvalue weighted by Gasteiger charge is 2.24. The number of hydrogen-bond donors (Lipinski definition) is 1. The van der Waals surface area contributed by atoms with E-state index in [0.717, 1.165) is 60.2 Å². The largest absolute Gasteiger partial charge is 0.319 e. The number of Topliss-reactive ketones (excluding diaryl/α,β-unsaturated/α-hetero) is 1. The topological polar surface area (TPSA) is 78.4 Å². The molecule has 0 atom stereocenters. The summed E-state index contributed by atoms with van der Waals surface area (Å²) in [6, 6.07) is 11.0. The highest BCUT2D eigenvalue weighted by Crippen LogP contribution is 2.39. The van der Waals surface area contributed by atoms with Crippen molar-refractivity contribution in [1.29, 1.82) is 0 Å². The maximum absolute atomic E-state index is 13.2. The molecule has 0 saturated heterocycles. The van der Waals surface area contributed by atoms with Crippen LogP contribution in [0, 0.1) is 0 Å². The molecule has 2 aromatic heterocycles. The van der Waals surface area contributed by atoms with Gasteiger partial charge in [-0.1, -0.05) is 53.5 Å². The number of anilines is 1. The van der Waals surface area contributed by atoms with E-state index in [0.29, 0.717) is 42.4 Å². The van der Waals surface area contributed by atoms with Gasteiger partial charge in [-0.25, -0.2) is 9.97 Å². The van der Waals surface area contributed by atoms with Gasteiger partial charge in [0.25, 0.3) is 5.91 Å². The minimum absolute atomic E-state index is 0.0504. The molecular formula is C29H27Cl2N5O2S2. The van der Waals surface area contributed by atoms with Crippen LogP contribution in [0.2, 0.25) is 10.0 Å². The van der Waals surface area contributed by atoms with Gasteiger partial charge in [-0.15, -0.1) is 22.7 Å². The van der Waals surface area contributed by atoms with Crippen molar-refractivity contribution in [3.63, 3.8) is 0 Å². The summed E-state index contributed by atoms with van der Waals surface area (Å²) in [6.45, 7) is 3.50. The molecule has 4 heterocycles. The van der Waals surface area contributed by atoms with Crippen LogP contribution in [-0.4, -0.2) is 58.6 Å².